The fourth-order valence-electron chi connectivity index (χ4n) is 3.65. The van der Waals surface area contributed by atoms with Crippen LogP contribution in [0.1, 0.15) is 66.2 Å². The number of nitrogens with two attached hydrogens (primary N) is 1. The van der Waals surface area contributed by atoms with Gasteiger partial charge in [0.2, 0.25) is 0 Å². The molecule has 1 saturated carbocycles. The number of carbonyl (C=O) groups is 1. The number of aliphatic imine (C=N–C) groups is 1. The largest absolute Gasteiger partial charge is 0.368 e. The zero-order valence-electron chi connectivity index (χ0n) is 17.2. The van der Waals surface area contributed by atoms with E-state index in [1.807, 2.05) is 26.0 Å². The van der Waals surface area contributed by atoms with Gasteiger partial charge in [-0.25, -0.2) is 10.5 Å². The zero-order valence-corrected chi connectivity index (χ0v) is 17.2. The Morgan fingerprint density at radius 2 is 1.93 bits per heavy atom. The number of allylic oxidation sites excluding steroid dienone is 4. The van der Waals surface area contributed by atoms with Crippen molar-refractivity contribution in [3.63, 3.8) is 0 Å². The fraction of sp³-hybridized carbons (Fsp3) is 0.619. The van der Waals surface area contributed by atoms with Gasteiger partial charge in [0.05, 0.1) is 0 Å². The quantitative estimate of drug-likeness (QED) is 0.162. The molecule has 2 atom stereocenters. The van der Waals surface area contributed by atoms with Gasteiger partial charge in [-0.2, -0.15) is 0 Å². The van der Waals surface area contributed by atoms with E-state index in [0.29, 0.717) is 5.92 Å². The number of hydrogen-bond donors (Lipinski definition) is 4. The summed E-state index contributed by atoms with van der Waals surface area (Å²) in [5.41, 5.74) is 8.81. The van der Waals surface area contributed by atoms with E-state index in [9.17, 15) is 4.79 Å². The van der Waals surface area contributed by atoms with Crippen molar-refractivity contribution in [2.75, 3.05) is 0 Å². The summed E-state index contributed by atoms with van der Waals surface area (Å²) in [6.45, 7) is 8.10. The molecule has 1 amide bonds. The second-order valence-corrected chi connectivity index (χ2v) is 7.62. The number of amides is 1. The van der Waals surface area contributed by atoms with Crippen LogP contribution in [-0.4, -0.2) is 28.9 Å². The first kappa shape index (κ1) is 23.1. The molecule has 0 aromatic heterocycles. The predicted molar refractivity (Wildman–Crippen MR) is 111 cm³/mol. The summed E-state index contributed by atoms with van der Waals surface area (Å²) in [6.07, 6.45) is 15.5. The smallest absolute Gasteiger partial charge is 0.267 e. The van der Waals surface area contributed by atoms with Gasteiger partial charge in [0, 0.05) is 23.9 Å². The van der Waals surface area contributed by atoms with Crippen LogP contribution in [0.15, 0.2) is 40.7 Å². The minimum Gasteiger partial charge on any atom is -0.368 e. The summed E-state index contributed by atoms with van der Waals surface area (Å²) in [6, 6.07) is 0.204. The SMILES string of the molecule is CC=C(/C=N\C(=C/C)N[C@H](C)CC(C)(N)C1CCCCC1)/C=C/C(=O)NO. The molecule has 0 saturated heterocycles. The van der Waals surface area contributed by atoms with E-state index < -0.39 is 5.91 Å². The Morgan fingerprint density at radius 1 is 1.26 bits per heavy atom. The molecule has 0 aromatic carbocycles. The predicted octanol–water partition coefficient (Wildman–Crippen LogP) is 3.59. The average molecular weight is 377 g/mol. The molecule has 1 rings (SSSR count). The molecular formula is C21H36N4O2. The van der Waals surface area contributed by atoms with Crippen molar-refractivity contribution in [2.24, 2.45) is 16.6 Å². The number of hydroxylamine groups is 1. The van der Waals surface area contributed by atoms with Gasteiger partial charge in [0.15, 0.2) is 0 Å². The molecule has 152 valence electrons. The summed E-state index contributed by atoms with van der Waals surface area (Å²) >= 11 is 0. The lowest BCUT2D eigenvalue weighted by atomic mass is 9.73. The van der Waals surface area contributed by atoms with Crippen LogP contribution in [0.3, 0.4) is 0 Å². The van der Waals surface area contributed by atoms with Gasteiger partial charge in [-0.15, -0.1) is 0 Å². The van der Waals surface area contributed by atoms with E-state index in [1.54, 1.807) is 17.8 Å². The summed E-state index contributed by atoms with van der Waals surface area (Å²) < 4.78 is 0. The molecule has 0 heterocycles. The Balaban J connectivity index is 2.63. The summed E-state index contributed by atoms with van der Waals surface area (Å²) in [4.78, 5) is 15.6. The minimum atomic E-state index is -0.578. The second-order valence-electron chi connectivity index (χ2n) is 7.62. The second kappa shape index (κ2) is 11.7. The van der Waals surface area contributed by atoms with Crippen LogP contribution in [0.5, 0.6) is 0 Å². The highest BCUT2D eigenvalue weighted by Crippen LogP contribution is 2.33. The van der Waals surface area contributed by atoms with E-state index in [-0.39, 0.29) is 11.6 Å². The van der Waals surface area contributed by atoms with E-state index in [4.69, 9.17) is 10.9 Å². The first-order valence-corrected chi connectivity index (χ1v) is 9.86. The van der Waals surface area contributed by atoms with Crippen molar-refractivity contribution in [1.82, 2.24) is 10.8 Å². The Kier molecular flexibility index (Phi) is 10.0. The molecule has 5 N–H and O–H groups in total. The molecule has 0 radical (unpaired) electrons. The molecular weight excluding hydrogens is 340 g/mol. The Bertz CT molecular complexity index is 585. The van der Waals surface area contributed by atoms with E-state index in [0.717, 1.165) is 17.8 Å². The van der Waals surface area contributed by atoms with E-state index in [1.165, 1.54) is 38.2 Å². The highest BCUT2D eigenvalue weighted by atomic mass is 16.5. The molecule has 1 aliphatic rings. The monoisotopic (exact) mass is 376 g/mol. The highest BCUT2D eigenvalue weighted by molar-refractivity contribution is 5.90. The van der Waals surface area contributed by atoms with E-state index >= 15 is 0 Å². The van der Waals surface area contributed by atoms with Crippen LogP contribution in [-0.2, 0) is 4.79 Å². The molecule has 0 aliphatic heterocycles. The van der Waals surface area contributed by atoms with Crippen molar-refractivity contribution >= 4 is 12.1 Å². The molecule has 0 bridgehead atoms. The van der Waals surface area contributed by atoms with Gasteiger partial charge in [-0.1, -0.05) is 25.3 Å². The van der Waals surface area contributed by atoms with Gasteiger partial charge in [-0.05, 0) is 70.6 Å². The van der Waals surface area contributed by atoms with Gasteiger partial charge >= 0.3 is 0 Å². The first-order valence-electron chi connectivity index (χ1n) is 9.86. The lowest BCUT2D eigenvalue weighted by molar-refractivity contribution is -0.124. The van der Waals surface area contributed by atoms with Gasteiger partial charge in [0.25, 0.3) is 5.91 Å². The van der Waals surface area contributed by atoms with Crippen molar-refractivity contribution in [1.29, 1.82) is 0 Å². The number of carbonyl (C=O) groups excluding carboxylic acids is 1. The van der Waals surface area contributed by atoms with Crippen molar-refractivity contribution in [2.45, 2.75) is 77.8 Å². The molecule has 1 fully saturated rings. The zero-order chi connectivity index (χ0) is 20.3. The van der Waals surface area contributed by atoms with Crippen LogP contribution in [0.2, 0.25) is 0 Å². The van der Waals surface area contributed by atoms with Crippen LogP contribution in [0.25, 0.3) is 0 Å². The third-order valence-corrected chi connectivity index (χ3v) is 5.17. The third kappa shape index (κ3) is 8.54. The molecule has 27 heavy (non-hydrogen) atoms. The number of nitrogens with one attached hydrogen (secondary N) is 2. The topological polar surface area (TPSA) is 99.7 Å². The maximum atomic E-state index is 11.1. The lowest BCUT2D eigenvalue weighted by Gasteiger charge is -2.38. The highest BCUT2D eigenvalue weighted by Gasteiger charge is 2.32. The minimum absolute atomic E-state index is 0.176. The van der Waals surface area contributed by atoms with Gasteiger partial charge in [-0.3, -0.25) is 10.0 Å². The summed E-state index contributed by atoms with van der Waals surface area (Å²) in [7, 11) is 0. The standard InChI is InChI=1S/C21H36N4O2/c1-5-17(12-13-20(26)25-27)15-23-19(6-2)24-16(3)14-21(4,22)18-10-8-7-9-11-18/h5-6,12-13,15-16,18,24,27H,7-11,14,22H2,1-4H3,(H,25,26)/b13-12+,17-5?,19-6+,23-15-/t16-,21?/m1/s1. The first-order chi connectivity index (χ1) is 12.8. The number of nitrogens with zero attached hydrogens (tertiary/aromatic N) is 1. The molecule has 6 heteroatoms. The number of hydrogen-bond acceptors (Lipinski definition) is 5. The van der Waals surface area contributed by atoms with E-state index in [2.05, 4.69) is 24.2 Å². The maximum absolute atomic E-state index is 11.1. The van der Waals surface area contributed by atoms with Gasteiger partial charge in [0.1, 0.15) is 5.82 Å². The maximum Gasteiger partial charge on any atom is 0.267 e. The van der Waals surface area contributed by atoms with Crippen LogP contribution >= 0.6 is 0 Å². The van der Waals surface area contributed by atoms with Crippen LogP contribution in [0, 0.1) is 5.92 Å². The molecule has 6 nitrogen and oxygen atoms in total. The molecule has 0 spiro atoms. The van der Waals surface area contributed by atoms with Crippen LogP contribution < -0.4 is 16.5 Å². The van der Waals surface area contributed by atoms with Crippen molar-refractivity contribution in [3.8, 4) is 0 Å². The lowest BCUT2D eigenvalue weighted by Crippen LogP contribution is -2.49. The summed E-state index contributed by atoms with van der Waals surface area (Å²) in [5.74, 6) is 0.775. The van der Waals surface area contributed by atoms with Gasteiger partial charge < -0.3 is 11.1 Å². The Morgan fingerprint density at radius 3 is 2.48 bits per heavy atom. The molecule has 1 aliphatic carbocycles. The normalized spacial score (nSPS) is 20.7. The Hall–Kier alpha value is -1.92. The van der Waals surface area contributed by atoms with Crippen molar-refractivity contribution < 1.29 is 10.0 Å². The summed E-state index contributed by atoms with van der Waals surface area (Å²) in [5, 5.41) is 12.0. The average Bonchev–Trinajstić information content (AvgIpc) is 2.66. The number of rotatable bonds is 9. The molecule has 0 aromatic rings. The fourth-order valence-corrected chi connectivity index (χ4v) is 3.65. The molecule has 1 unspecified atom stereocenters. The van der Waals surface area contributed by atoms with Crippen LogP contribution in [0.4, 0.5) is 0 Å². The van der Waals surface area contributed by atoms with Crippen molar-refractivity contribution in [3.05, 3.63) is 35.7 Å². The Labute approximate surface area is 163 Å². The third-order valence-electron chi connectivity index (χ3n) is 5.17.